The Balaban J connectivity index is 1.03. The molecule has 7 rings (SSSR count). The van der Waals surface area contributed by atoms with Crippen LogP contribution in [0.4, 0.5) is 5.69 Å². The molecule has 2 fully saturated rings. The zero-order chi connectivity index (χ0) is 40.1. The monoisotopic (exact) mass is 810 g/mol. The lowest BCUT2D eigenvalue weighted by atomic mass is 9.86. The second-order valence-electron chi connectivity index (χ2n) is 15.3. The molecular formula is C45H50N2O8S2. The minimum Gasteiger partial charge on any atom is -0.466 e. The van der Waals surface area contributed by atoms with E-state index in [1.165, 1.54) is 24.5 Å². The summed E-state index contributed by atoms with van der Waals surface area (Å²) in [4.78, 5) is 54.0. The molecule has 0 spiro atoms. The van der Waals surface area contributed by atoms with Crippen molar-refractivity contribution in [1.82, 2.24) is 4.31 Å². The van der Waals surface area contributed by atoms with E-state index in [2.05, 4.69) is 5.32 Å². The summed E-state index contributed by atoms with van der Waals surface area (Å²) >= 11 is 1.52. The predicted octanol–water partition coefficient (Wildman–Crippen LogP) is 8.15. The summed E-state index contributed by atoms with van der Waals surface area (Å²) < 4.78 is 40.1. The minimum atomic E-state index is -3.91. The van der Waals surface area contributed by atoms with Gasteiger partial charge in [0.25, 0.3) is 5.91 Å². The molecule has 1 aromatic heterocycles. The molecule has 1 heterocycles. The number of fused-ring (bicyclic) bond motifs is 1. The molecule has 0 aliphatic heterocycles. The van der Waals surface area contributed by atoms with Crippen LogP contribution in [0.1, 0.15) is 116 Å². The highest BCUT2D eigenvalue weighted by atomic mass is 32.2. The average Bonchev–Trinajstić information content (AvgIpc) is 3.99. The van der Waals surface area contributed by atoms with Gasteiger partial charge in [-0.05, 0) is 137 Å². The Labute approximate surface area is 339 Å². The lowest BCUT2D eigenvalue weighted by Crippen LogP contribution is -2.44. The van der Waals surface area contributed by atoms with Gasteiger partial charge in [0.15, 0.2) is 5.78 Å². The molecule has 3 aliphatic carbocycles. The van der Waals surface area contributed by atoms with E-state index >= 15 is 0 Å². The lowest BCUT2D eigenvalue weighted by molar-refractivity contribution is -0.149. The number of aryl methyl sites for hydroxylation is 3. The maximum Gasteiger partial charge on any atom is 0.337 e. The van der Waals surface area contributed by atoms with Crippen LogP contribution in [0.2, 0.25) is 0 Å². The number of rotatable bonds is 15. The molecule has 3 aromatic carbocycles. The van der Waals surface area contributed by atoms with Gasteiger partial charge in [0.1, 0.15) is 0 Å². The fourth-order valence-corrected chi connectivity index (χ4v) is 11.6. The van der Waals surface area contributed by atoms with E-state index in [1.54, 1.807) is 41.6 Å². The van der Waals surface area contributed by atoms with Gasteiger partial charge in [-0.2, -0.15) is 4.31 Å². The van der Waals surface area contributed by atoms with Crippen molar-refractivity contribution in [3.05, 3.63) is 116 Å². The fourth-order valence-electron chi connectivity index (χ4n) is 8.22. The molecule has 0 radical (unpaired) electrons. The number of amides is 1. The number of Topliss-reactive ketones (excluding diaryl/α,β-unsaturated/α-hetero) is 1. The molecule has 0 atom stereocenters. The number of carbonyl (C=O) groups excluding carboxylic acids is 4. The van der Waals surface area contributed by atoms with Crippen LogP contribution < -0.4 is 5.32 Å². The van der Waals surface area contributed by atoms with E-state index in [4.69, 9.17) is 9.47 Å². The molecule has 4 aromatic rings. The third-order valence-corrected chi connectivity index (χ3v) is 14.7. The average molecular weight is 811 g/mol. The van der Waals surface area contributed by atoms with Crippen LogP contribution in [0.25, 0.3) is 0 Å². The largest absolute Gasteiger partial charge is 0.466 e. The normalized spacial score (nSPS) is 18.1. The highest BCUT2D eigenvalue weighted by molar-refractivity contribution is 7.89. The summed E-state index contributed by atoms with van der Waals surface area (Å²) in [6, 6.07) is 21.2. The van der Waals surface area contributed by atoms with Gasteiger partial charge < -0.3 is 14.8 Å². The third-order valence-electron chi connectivity index (χ3n) is 11.4. The summed E-state index contributed by atoms with van der Waals surface area (Å²) in [5.41, 5.74) is 5.25. The van der Waals surface area contributed by atoms with E-state index in [1.807, 2.05) is 36.4 Å². The SMILES string of the molecule is CCOC(=O)C1CCC(N(C2CC2)S(=O)(=O)c2cccc(C(=O)Cc3sc4c(c3C(=O)Nc3ccc(CCc5ccc(C(=O)OC)cc5)cc3)CCCC4)c2)CC1. The van der Waals surface area contributed by atoms with Crippen molar-refractivity contribution in [2.24, 2.45) is 5.92 Å². The number of sulfonamides is 1. The van der Waals surface area contributed by atoms with Crippen molar-refractivity contribution in [3.63, 3.8) is 0 Å². The molecule has 57 heavy (non-hydrogen) atoms. The number of esters is 2. The highest BCUT2D eigenvalue weighted by Crippen LogP contribution is 2.40. The molecule has 3 aliphatic rings. The van der Waals surface area contributed by atoms with E-state index in [0.717, 1.165) is 72.9 Å². The first-order valence-electron chi connectivity index (χ1n) is 20.1. The minimum absolute atomic E-state index is 0.00627. The predicted molar refractivity (Wildman–Crippen MR) is 219 cm³/mol. The first-order valence-corrected chi connectivity index (χ1v) is 22.4. The van der Waals surface area contributed by atoms with E-state index < -0.39 is 10.0 Å². The second kappa shape index (κ2) is 17.9. The van der Waals surface area contributed by atoms with Crippen LogP contribution >= 0.6 is 11.3 Å². The number of hydrogen-bond donors (Lipinski definition) is 1. The number of methoxy groups -OCH3 is 1. The van der Waals surface area contributed by atoms with Gasteiger partial charge in [0.05, 0.1) is 35.7 Å². The van der Waals surface area contributed by atoms with Crippen molar-refractivity contribution in [2.45, 2.75) is 107 Å². The van der Waals surface area contributed by atoms with E-state index in [0.29, 0.717) is 59.5 Å². The summed E-state index contributed by atoms with van der Waals surface area (Å²) in [5, 5.41) is 3.08. The topological polar surface area (TPSA) is 136 Å². The standard InChI is InChI=1S/C45H50N2O8S2/c1-3-55-45(51)32-19-23-35(24-20-32)47(36-25-26-36)57(52,53)37-8-6-7-33(27-37)39(48)28-41-42(38-9-4-5-10-40(38)56-41)43(49)46-34-21-15-30(16-22-34)12-11-29-13-17-31(18-14-29)44(50)54-2/h6-8,13-18,21-22,27,32,35-36H,3-5,9-12,19-20,23-26,28H2,1-2H3,(H,46,49). The summed E-state index contributed by atoms with van der Waals surface area (Å²) in [6.07, 6.45) is 9.15. The molecule has 0 saturated heterocycles. The zero-order valence-electron chi connectivity index (χ0n) is 32.6. The van der Waals surface area contributed by atoms with Gasteiger partial charge in [-0.25, -0.2) is 13.2 Å². The number of nitrogens with zero attached hydrogens (tertiary/aromatic N) is 1. The van der Waals surface area contributed by atoms with Crippen LogP contribution in [-0.2, 0) is 56.4 Å². The number of carbonyl (C=O) groups is 4. The molecule has 1 amide bonds. The van der Waals surface area contributed by atoms with Crippen LogP contribution in [0.5, 0.6) is 0 Å². The van der Waals surface area contributed by atoms with Crippen LogP contribution in [-0.4, -0.2) is 62.2 Å². The van der Waals surface area contributed by atoms with Crippen molar-refractivity contribution < 1.29 is 37.1 Å². The smallest absolute Gasteiger partial charge is 0.337 e. The number of nitrogens with one attached hydrogen (secondary N) is 1. The van der Waals surface area contributed by atoms with Crippen molar-refractivity contribution in [3.8, 4) is 0 Å². The molecule has 0 bridgehead atoms. The van der Waals surface area contributed by atoms with Crippen molar-refractivity contribution in [2.75, 3.05) is 19.0 Å². The molecule has 2 saturated carbocycles. The van der Waals surface area contributed by atoms with Crippen LogP contribution in [0.3, 0.4) is 0 Å². The van der Waals surface area contributed by atoms with Gasteiger partial charge in [0.2, 0.25) is 10.0 Å². The van der Waals surface area contributed by atoms with Crippen LogP contribution in [0.15, 0.2) is 77.7 Å². The summed E-state index contributed by atoms with van der Waals surface area (Å²) in [5.74, 6) is -1.26. The Morgan fingerprint density at radius 3 is 2.07 bits per heavy atom. The molecular weight excluding hydrogens is 761 g/mol. The highest BCUT2D eigenvalue weighted by Gasteiger charge is 2.44. The quantitative estimate of drug-likeness (QED) is 0.0939. The van der Waals surface area contributed by atoms with Gasteiger partial charge >= 0.3 is 11.9 Å². The number of hydrogen-bond acceptors (Lipinski definition) is 9. The lowest BCUT2D eigenvalue weighted by Gasteiger charge is -2.35. The van der Waals surface area contributed by atoms with Crippen LogP contribution in [0, 0.1) is 5.92 Å². The summed E-state index contributed by atoms with van der Waals surface area (Å²) in [6.45, 7) is 2.12. The van der Waals surface area contributed by atoms with E-state index in [-0.39, 0.29) is 52.9 Å². The number of thiophene rings is 1. The Kier molecular flexibility index (Phi) is 12.7. The van der Waals surface area contributed by atoms with Crippen molar-refractivity contribution in [1.29, 1.82) is 0 Å². The second-order valence-corrected chi connectivity index (χ2v) is 18.3. The number of ether oxygens (including phenoxy) is 2. The molecule has 10 nitrogen and oxygen atoms in total. The Morgan fingerprint density at radius 1 is 0.807 bits per heavy atom. The van der Waals surface area contributed by atoms with E-state index in [9.17, 15) is 27.6 Å². The Hall–Kier alpha value is -4.65. The van der Waals surface area contributed by atoms with Gasteiger partial charge in [-0.15, -0.1) is 11.3 Å². The first kappa shape index (κ1) is 40.5. The number of benzene rings is 3. The molecule has 0 unspecified atom stereocenters. The molecule has 1 N–H and O–H groups in total. The van der Waals surface area contributed by atoms with Gasteiger partial charge in [-0.3, -0.25) is 14.4 Å². The maximum atomic E-state index is 14.2. The Morgan fingerprint density at radius 2 is 1.44 bits per heavy atom. The third kappa shape index (κ3) is 9.40. The number of anilines is 1. The molecule has 12 heteroatoms. The maximum absolute atomic E-state index is 14.2. The first-order chi connectivity index (χ1) is 27.5. The Bertz CT molecular complexity index is 2220. The fraction of sp³-hybridized carbons (Fsp3) is 0.422. The van der Waals surface area contributed by atoms with Gasteiger partial charge in [-0.1, -0.05) is 36.4 Å². The molecule has 300 valence electrons. The van der Waals surface area contributed by atoms with Gasteiger partial charge in [0, 0.05) is 39.5 Å². The van der Waals surface area contributed by atoms with Crippen molar-refractivity contribution >= 4 is 50.7 Å². The zero-order valence-corrected chi connectivity index (χ0v) is 34.2. The number of ketones is 1. The summed E-state index contributed by atoms with van der Waals surface area (Å²) in [7, 11) is -2.55.